The van der Waals surface area contributed by atoms with E-state index in [2.05, 4.69) is 20.9 Å². The fourth-order valence-corrected chi connectivity index (χ4v) is 5.04. The molecular weight excluding hydrogens is 535 g/mol. The monoisotopic (exact) mass is 551 g/mol. The van der Waals surface area contributed by atoms with Crippen LogP contribution in [0.3, 0.4) is 0 Å². The quantitative estimate of drug-likeness (QED) is 0.395. The Morgan fingerprint density at radius 2 is 1.68 bits per heavy atom. The standard InChI is InChI=1S/C23H17BrF3N3O3S/c1-13(31)29(22-28-11-19(24)34-22)12-16(10-14-6-8-15(9-7-14)23(25,26)27)30-20(32)17-4-2-3-5-18(17)21(30)33/h2-9,11,16H,10,12H2,1H3. The Kier molecular flexibility index (Phi) is 6.59. The lowest BCUT2D eigenvalue weighted by atomic mass is 10.0. The van der Waals surface area contributed by atoms with Gasteiger partial charge in [-0.2, -0.15) is 13.2 Å². The van der Waals surface area contributed by atoms with E-state index in [0.29, 0.717) is 14.5 Å². The minimum absolute atomic E-state index is 0.0555. The molecule has 1 aliphatic heterocycles. The summed E-state index contributed by atoms with van der Waals surface area (Å²) >= 11 is 4.51. The molecule has 0 radical (unpaired) electrons. The first-order valence-corrected chi connectivity index (χ1v) is 11.7. The van der Waals surface area contributed by atoms with Crippen molar-refractivity contribution < 1.29 is 27.6 Å². The van der Waals surface area contributed by atoms with Gasteiger partial charge in [-0.25, -0.2) is 4.98 Å². The van der Waals surface area contributed by atoms with Gasteiger partial charge in [0.1, 0.15) is 0 Å². The average Bonchev–Trinajstić information content (AvgIpc) is 3.32. The Balaban J connectivity index is 1.70. The zero-order valence-electron chi connectivity index (χ0n) is 17.7. The van der Waals surface area contributed by atoms with Crippen molar-refractivity contribution in [3.05, 3.63) is 80.8 Å². The van der Waals surface area contributed by atoms with Gasteiger partial charge >= 0.3 is 6.18 Å². The van der Waals surface area contributed by atoms with Gasteiger partial charge in [-0.15, -0.1) is 0 Å². The van der Waals surface area contributed by atoms with Crippen LogP contribution in [0.1, 0.15) is 38.8 Å². The first-order chi connectivity index (χ1) is 16.1. The van der Waals surface area contributed by atoms with Crippen LogP contribution < -0.4 is 4.90 Å². The summed E-state index contributed by atoms with van der Waals surface area (Å²) in [5, 5.41) is 0.369. The van der Waals surface area contributed by atoms with Gasteiger partial charge in [-0.3, -0.25) is 24.2 Å². The zero-order chi connectivity index (χ0) is 24.6. The van der Waals surface area contributed by atoms with Gasteiger partial charge in [0.25, 0.3) is 11.8 Å². The average molecular weight is 552 g/mol. The number of imide groups is 1. The third-order valence-electron chi connectivity index (χ3n) is 5.41. The summed E-state index contributed by atoms with van der Waals surface area (Å²) in [5.41, 5.74) is 0.178. The number of thiazole rings is 1. The van der Waals surface area contributed by atoms with Crippen LogP contribution >= 0.6 is 27.3 Å². The highest BCUT2D eigenvalue weighted by Crippen LogP contribution is 2.32. The lowest BCUT2D eigenvalue weighted by Crippen LogP contribution is -2.49. The molecule has 0 bridgehead atoms. The van der Waals surface area contributed by atoms with E-state index in [1.54, 1.807) is 24.3 Å². The molecule has 4 rings (SSSR count). The molecule has 11 heteroatoms. The molecule has 1 aliphatic rings. The van der Waals surface area contributed by atoms with Crippen LogP contribution in [0.5, 0.6) is 0 Å². The van der Waals surface area contributed by atoms with Crippen molar-refractivity contribution in [2.45, 2.75) is 25.6 Å². The fraction of sp³-hybridized carbons (Fsp3) is 0.217. The molecule has 3 aromatic rings. The summed E-state index contributed by atoms with van der Waals surface area (Å²) in [7, 11) is 0. The number of anilines is 1. The van der Waals surface area contributed by atoms with Crippen LogP contribution in [0.25, 0.3) is 0 Å². The summed E-state index contributed by atoms with van der Waals surface area (Å²) in [6.45, 7) is 1.27. The second-order valence-corrected chi connectivity index (χ2v) is 10.0. The smallest absolute Gasteiger partial charge is 0.286 e. The van der Waals surface area contributed by atoms with Crippen LogP contribution in [0.4, 0.5) is 18.3 Å². The van der Waals surface area contributed by atoms with Gasteiger partial charge < -0.3 is 0 Å². The van der Waals surface area contributed by atoms with Crippen LogP contribution in [0.15, 0.2) is 58.5 Å². The normalized spacial score (nSPS) is 14.3. The Morgan fingerprint density at radius 3 is 2.15 bits per heavy atom. The number of halogens is 4. The molecule has 0 N–H and O–H groups in total. The lowest BCUT2D eigenvalue weighted by molar-refractivity contribution is -0.137. The number of alkyl halides is 3. The van der Waals surface area contributed by atoms with Gasteiger partial charge in [0.15, 0.2) is 5.13 Å². The summed E-state index contributed by atoms with van der Waals surface area (Å²) in [6.07, 6.45) is -2.90. The molecule has 176 valence electrons. The van der Waals surface area contributed by atoms with E-state index >= 15 is 0 Å². The van der Waals surface area contributed by atoms with E-state index in [4.69, 9.17) is 0 Å². The molecule has 0 fully saturated rings. The van der Waals surface area contributed by atoms with Gasteiger partial charge in [0.05, 0.1) is 32.7 Å². The SMILES string of the molecule is CC(=O)N(CC(Cc1ccc(C(F)(F)F)cc1)N1C(=O)c2ccccc2C1=O)c1ncc(Br)s1. The largest absolute Gasteiger partial charge is 0.416 e. The third kappa shape index (κ3) is 4.76. The first-order valence-electron chi connectivity index (χ1n) is 10.1. The molecule has 3 amide bonds. The molecule has 1 unspecified atom stereocenters. The predicted octanol–water partition coefficient (Wildman–Crippen LogP) is 5.18. The molecule has 1 atom stereocenters. The highest BCUT2D eigenvalue weighted by atomic mass is 79.9. The molecule has 1 aromatic heterocycles. The van der Waals surface area contributed by atoms with E-state index in [0.717, 1.165) is 17.0 Å². The van der Waals surface area contributed by atoms with Crippen molar-refractivity contribution in [3.8, 4) is 0 Å². The van der Waals surface area contributed by atoms with Gasteiger partial charge in [-0.1, -0.05) is 35.6 Å². The molecule has 6 nitrogen and oxygen atoms in total. The first kappa shape index (κ1) is 24.1. The molecule has 34 heavy (non-hydrogen) atoms. The number of hydrogen-bond acceptors (Lipinski definition) is 5. The van der Waals surface area contributed by atoms with Crippen LogP contribution in [-0.2, 0) is 17.4 Å². The number of amides is 3. The van der Waals surface area contributed by atoms with Gasteiger partial charge in [-0.05, 0) is 52.2 Å². The van der Waals surface area contributed by atoms with Crippen molar-refractivity contribution in [1.82, 2.24) is 9.88 Å². The Labute approximate surface area is 205 Å². The second-order valence-electron chi connectivity index (χ2n) is 7.66. The van der Waals surface area contributed by atoms with Crippen LogP contribution in [0.2, 0.25) is 0 Å². The van der Waals surface area contributed by atoms with E-state index < -0.39 is 29.6 Å². The molecule has 0 spiro atoms. The number of carbonyl (C=O) groups is 3. The topological polar surface area (TPSA) is 70.6 Å². The maximum absolute atomic E-state index is 13.1. The van der Waals surface area contributed by atoms with E-state index in [1.807, 2.05) is 0 Å². The van der Waals surface area contributed by atoms with Gasteiger partial charge in [0, 0.05) is 13.5 Å². The third-order valence-corrected chi connectivity index (χ3v) is 6.91. The van der Waals surface area contributed by atoms with Crippen molar-refractivity contribution >= 4 is 50.1 Å². The lowest BCUT2D eigenvalue weighted by Gasteiger charge is -2.31. The number of carbonyl (C=O) groups excluding carboxylic acids is 3. The number of aromatic nitrogens is 1. The maximum atomic E-state index is 13.1. The number of nitrogens with zero attached hydrogens (tertiary/aromatic N) is 3. The minimum Gasteiger partial charge on any atom is -0.286 e. The number of fused-ring (bicyclic) bond motifs is 1. The Morgan fingerprint density at radius 1 is 1.09 bits per heavy atom. The Hall–Kier alpha value is -3.05. The van der Waals surface area contributed by atoms with E-state index in [9.17, 15) is 27.6 Å². The van der Waals surface area contributed by atoms with Crippen LogP contribution in [-0.4, -0.2) is 40.2 Å². The fourth-order valence-electron chi connectivity index (χ4n) is 3.80. The molecule has 2 aromatic carbocycles. The van der Waals surface area contributed by atoms with Gasteiger partial charge in [0.2, 0.25) is 5.91 Å². The molecule has 0 saturated heterocycles. The second kappa shape index (κ2) is 9.30. The molecule has 0 saturated carbocycles. The van der Waals surface area contributed by atoms with Crippen molar-refractivity contribution in [2.75, 3.05) is 11.4 Å². The highest BCUT2D eigenvalue weighted by Gasteiger charge is 2.41. The highest BCUT2D eigenvalue weighted by molar-refractivity contribution is 9.11. The van der Waals surface area contributed by atoms with E-state index in [-0.39, 0.29) is 30.0 Å². The van der Waals surface area contributed by atoms with Crippen molar-refractivity contribution in [1.29, 1.82) is 0 Å². The van der Waals surface area contributed by atoms with Crippen LogP contribution in [0, 0.1) is 0 Å². The number of benzene rings is 2. The summed E-state index contributed by atoms with van der Waals surface area (Å²) in [4.78, 5) is 45.4. The maximum Gasteiger partial charge on any atom is 0.416 e. The molecule has 2 heterocycles. The summed E-state index contributed by atoms with van der Waals surface area (Å²) in [6, 6.07) is 10.1. The molecule has 0 aliphatic carbocycles. The Bertz CT molecular complexity index is 1230. The van der Waals surface area contributed by atoms with Crippen molar-refractivity contribution in [3.63, 3.8) is 0 Å². The summed E-state index contributed by atoms with van der Waals surface area (Å²) in [5.74, 6) is -1.38. The minimum atomic E-state index is -4.48. The number of hydrogen-bond donors (Lipinski definition) is 0. The van der Waals surface area contributed by atoms with E-state index in [1.165, 1.54) is 41.5 Å². The number of rotatable bonds is 6. The van der Waals surface area contributed by atoms with Crippen molar-refractivity contribution in [2.24, 2.45) is 0 Å². The summed E-state index contributed by atoms with van der Waals surface area (Å²) < 4.78 is 39.6. The zero-order valence-corrected chi connectivity index (χ0v) is 20.1. The predicted molar refractivity (Wildman–Crippen MR) is 124 cm³/mol. The molecular formula is C23H17BrF3N3O3S.